The Labute approximate surface area is 347 Å². The number of ether oxygens (including phenoxy) is 4. The first kappa shape index (κ1) is 42.6. The van der Waals surface area contributed by atoms with E-state index in [1.165, 1.54) is 6.42 Å². The molecule has 13 heteroatoms. The fourth-order valence-corrected chi connectivity index (χ4v) is 9.99. The zero-order valence-corrected chi connectivity index (χ0v) is 35.9. The predicted octanol–water partition coefficient (Wildman–Crippen LogP) is 7.00. The van der Waals surface area contributed by atoms with Crippen molar-refractivity contribution in [2.45, 2.75) is 118 Å². The van der Waals surface area contributed by atoms with Gasteiger partial charge in [-0.1, -0.05) is 59.6 Å². The van der Waals surface area contributed by atoms with Gasteiger partial charge in [-0.2, -0.15) is 0 Å². The Balaban J connectivity index is 1.14. The summed E-state index contributed by atoms with van der Waals surface area (Å²) in [4.78, 5) is 63.8. The number of fused-ring (bicyclic) bond motifs is 2. The molecule has 8 atom stereocenters. The van der Waals surface area contributed by atoms with E-state index >= 15 is 0 Å². The number of carbonyl (C=O) groups is 4. The number of esters is 1. The molecule has 0 bridgehead atoms. The average Bonchev–Trinajstić information content (AvgIpc) is 3.98. The van der Waals surface area contributed by atoms with Crippen LogP contribution in [-0.2, 0) is 35.1 Å². The first-order valence-corrected chi connectivity index (χ1v) is 21.9. The number of hydrogen-bond donors (Lipinski definition) is 1. The Morgan fingerprint density at radius 1 is 1.03 bits per heavy atom. The molecule has 0 radical (unpaired) electrons. The highest BCUT2D eigenvalue weighted by Crippen LogP contribution is 2.58. The largest absolute Gasteiger partial charge is 0.491 e. The first-order valence-electron chi connectivity index (χ1n) is 21.5. The average molecular weight is 824 g/mol. The molecular formula is C45H62ClN3O9. The van der Waals surface area contributed by atoms with Gasteiger partial charge in [0.05, 0.1) is 49.1 Å². The molecule has 12 nitrogen and oxygen atoms in total. The fraction of sp³-hybridized carbons (Fsp3) is 0.711. The number of carboxylic acid groups (broad SMARTS) is 1. The van der Waals surface area contributed by atoms with E-state index in [9.17, 15) is 24.3 Å². The summed E-state index contributed by atoms with van der Waals surface area (Å²) in [5.74, 6) is -0.184. The number of aromatic nitrogens is 1. The van der Waals surface area contributed by atoms with Crippen molar-refractivity contribution in [2.24, 2.45) is 40.4 Å². The summed E-state index contributed by atoms with van der Waals surface area (Å²) in [5, 5.41) is 11.3. The molecule has 5 fully saturated rings. The molecule has 2 saturated heterocycles. The maximum Gasteiger partial charge on any atom is 0.310 e. The van der Waals surface area contributed by atoms with Crippen LogP contribution >= 0.6 is 11.6 Å². The first-order chi connectivity index (χ1) is 27.6. The van der Waals surface area contributed by atoms with Gasteiger partial charge in [0.25, 0.3) is 0 Å². The molecular weight excluding hydrogens is 762 g/mol. The van der Waals surface area contributed by atoms with Crippen LogP contribution in [0.25, 0.3) is 10.9 Å². The smallest absolute Gasteiger partial charge is 0.310 e. The molecule has 1 aromatic heterocycles. The summed E-state index contributed by atoms with van der Waals surface area (Å²) < 4.78 is 24.3. The van der Waals surface area contributed by atoms with E-state index in [1.807, 2.05) is 45.9 Å². The normalized spacial score (nSPS) is 28.7. The lowest BCUT2D eigenvalue weighted by Gasteiger charge is -2.35. The SMILES string of the molecule is CC[C@@H]1C[C@]1(CC(=O)[C@@H]1C[C@@H](Oc2cc(CC(C)C)nc3c(Cl)c(OCCN4CCOCC4)ccc23)CN1C(=O)[C@@H](CC(=O)OC1C[C@@H]2C[C@@H]2C1)C(C)(C)C)C(=O)O. The monoisotopic (exact) mass is 823 g/mol. The van der Waals surface area contributed by atoms with Crippen LogP contribution < -0.4 is 9.47 Å². The molecule has 3 aliphatic carbocycles. The van der Waals surface area contributed by atoms with Crippen LogP contribution in [0.2, 0.25) is 5.02 Å². The van der Waals surface area contributed by atoms with Gasteiger partial charge >= 0.3 is 11.9 Å². The number of pyridine rings is 1. The number of Topliss-reactive ketones (excluding diaryl/α,β-unsaturated/α-hetero) is 1. The summed E-state index contributed by atoms with van der Waals surface area (Å²) in [7, 11) is 0. The quantitative estimate of drug-likeness (QED) is 0.165. The van der Waals surface area contributed by atoms with Gasteiger partial charge in [0, 0.05) is 49.6 Å². The van der Waals surface area contributed by atoms with Gasteiger partial charge in [-0.05, 0) is 73.3 Å². The Kier molecular flexibility index (Phi) is 12.7. The summed E-state index contributed by atoms with van der Waals surface area (Å²) in [6.45, 7) is 16.4. The lowest BCUT2D eigenvalue weighted by molar-refractivity contribution is -0.157. The molecule has 1 amide bonds. The van der Waals surface area contributed by atoms with E-state index < -0.39 is 40.8 Å². The van der Waals surface area contributed by atoms with Crippen LogP contribution in [0.15, 0.2) is 18.2 Å². The van der Waals surface area contributed by atoms with E-state index in [4.69, 9.17) is 35.5 Å². The lowest BCUT2D eigenvalue weighted by atomic mass is 9.77. The van der Waals surface area contributed by atoms with Crippen molar-refractivity contribution in [1.82, 2.24) is 14.8 Å². The van der Waals surface area contributed by atoms with Crippen molar-refractivity contribution in [1.29, 1.82) is 0 Å². The van der Waals surface area contributed by atoms with Gasteiger partial charge in [-0.15, -0.1) is 0 Å². The molecule has 7 rings (SSSR count). The summed E-state index contributed by atoms with van der Waals surface area (Å²) in [6.07, 6.45) is 3.96. The minimum Gasteiger partial charge on any atom is -0.491 e. The summed E-state index contributed by atoms with van der Waals surface area (Å²) in [5.41, 5.74) is -0.415. The topological polar surface area (TPSA) is 145 Å². The number of hydrogen-bond acceptors (Lipinski definition) is 10. The predicted molar refractivity (Wildman–Crippen MR) is 219 cm³/mol. The number of aliphatic carboxylic acids is 1. The number of nitrogens with zero attached hydrogens (tertiary/aromatic N) is 3. The van der Waals surface area contributed by atoms with Crippen molar-refractivity contribution in [3.8, 4) is 11.5 Å². The Hall–Kier alpha value is -3.48. The number of carbonyl (C=O) groups excluding carboxylic acids is 3. The maximum atomic E-state index is 14.8. The highest BCUT2D eigenvalue weighted by atomic mass is 35.5. The molecule has 2 aliphatic heterocycles. The van der Waals surface area contributed by atoms with E-state index in [0.29, 0.717) is 84.3 Å². The van der Waals surface area contributed by atoms with Crippen molar-refractivity contribution in [3.05, 3.63) is 28.9 Å². The van der Waals surface area contributed by atoms with E-state index in [-0.39, 0.29) is 49.5 Å². The molecule has 1 aromatic carbocycles. The van der Waals surface area contributed by atoms with Crippen LogP contribution in [0.1, 0.15) is 98.6 Å². The molecule has 3 heterocycles. The summed E-state index contributed by atoms with van der Waals surface area (Å²) >= 11 is 7.03. The van der Waals surface area contributed by atoms with Crippen molar-refractivity contribution in [3.63, 3.8) is 0 Å². The van der Waals surface area contributed by atoms with Crippen molar-refractivity contribution in [2.75, 3.05) is 46.0 Å². The van der Waals surface area contributed by atoms with Crippen LogP contribution in [0.4, 0.5) is 0 Å². The second kappa shape index (κ2) is 17.2. The molecule has 5 aliphatic rings. The number of rotatable bonds is 17. The zero-order chi connectivity index (χ0) is 41.5. The Morgan fingerprint density at radius 3 is 2.40 bits per heavy atom. The summed E-state index contributed by atoms with van der Waals surface area (Å²) in [6, 6.07) is 4.71. The minimum atomic E-state index is -1.12. The van der Waals surface area contributed by atoms with Crippen LogP contribution in [0, 0.1) is 40.4 Å². The molecule has 0 spiro atoms. The number of benzene rings is 1. The van der Waals surface area contributed by atoms with Gasteiger partial charge in [0.2, 0.25) is 5.91 Å². The molecule has 1 N–H and O–H groups in total. The van der Waals surface area contributed by atoms with Crippen LogP contribution in [-0.4, -0.2) is 108 Å². The van der Waals surface area contributed by atoms with Crippen LogP contribution in [0.3, 0.4) is 0 Å². The lowest BCUT2D eigenvalue weighted by Crippen LogP contribution is -2.48. The second-order valence-corrected chi connectivity index (χ2v) is 19.5. The van der Waals surface area contributed by atoms with Crippen LogP contribution in [0.5, 0.6) is 11.5 Å². The standard InChI is InChI=1S/C45H62ClN3O9/c1-7-29-23-45(29,43(53)54)24-36(50)35-21-32(25-49(35)42(52)34(44(4,5)6)22-39(51)58-31-18-27-17-28(27)19-31)57-38-20-30(16-26(2)3)47-41-33(38)8-9-37(40(41)46)56-15-12-48-10-13-55-14-11-48/h8-9,20,26-29,31-32,34-35H,7,10-19,21-25H2,1-6H3,(H,53,54)/t27-,28+,29-,31?,32-,34-,35+,45-/m1/s1. The van der Waals surface area contributed by atoms with E-state index in [1.54, 1.807) is 4.90 Å². The number of likely N-dealkylation sites (tertiary alicyclic amines) is 1. The highest BCUT2D eigenvalue weighted by molar-refractivity contribution is 6.36. The molecule has 58 heavy (non-hydrogen) atoms. The molecule has 318 valence electrons. The highest BCUT2D eigenvalue weighted by Gasteiger charge is 2.61. The minimum absolute atomic E-state index is 0.0918. The second-order valence-electron chi connectivity index (χ2n) is 19.1. The fourth-order valence-electron chi connectivity index (χ4n) is 9.73. The molecule has 2 aromatic rings. The van der Waals surface area contributed by atoms with Gasteiger partial charge in [-0.3, -0.25) is 29.1 Å². The van der Waals surface area contributed by atoms with E-state index in [2.05, 4.69) is 18.7 Å². The maximum absolute atomic E-state index is 14.8. The zero-order valence-electron chi connectivity index (χ0n) is 35.1. The number of morpholine rings is 1. The molecule has 1 unspecified atom stereocenters. The van der Waals surface area contributed by atoms with Gasteiger partial charge < -0.3 is 29.0 Å². The van der Waals surface area contributed by atoms with Crippen molar-refractivity contribution < 1.29 is 43.2 Å². The van der Waals surface area contributed by atoms with Gasteiger partial charge in [0.1, 0.15) is 35.3 Å². The van der Waals surface area contributed by atoms with Gasteiger partial charge in [0.15, 0.2) is 5.78 Å². The van der Waals surface area contributed by atoms with Crippen molar-refractivity contribution >= 4 is 46.1 Å². The Bertz CT molecular complexity index is 1870. The third-order valence-electron chi connectivity index (χ3n) is 13.3. The third kappa shape index (κ3) is 9.44. The van der Waals surface area contributed by atoms with Gasteiger partial charge in [-0.25, -0.2) is 0 Å². The number of halogens is 1. The molecule has 3 saturated carbocycles. The third-order valence-corrected chi connectivity index (χ3v) is 13.7. The number of ketones is 1. The Morgan fingerprint density at radius 2 is 1.76 bits per heavy atom. The number of amides is 1. The van der Waals surface area contributed by atoms with E-state index in [0.717, 1.165) is 38.2 Å². The number of carboxylic acids is 1.